The van der Waals surface area contributed by atoms with Gasteiger partial charge in [0.1, 0.15) is 5.75 Å². The Morgan fingerprint density at radius 2 is 1.80 bits per heavy atom. The number of hydrogen-bond acceptors (Lipinski definition) is 5. The number of carbonyl (C=O) groups is 2. The minimum atomic E-state index is -1.43. The minimum Gasteiger partial charge on any atom is -0.497 e. The molecule has 1 aliphatic heterocycles. The van der Waals surface area contributed by atoms with Gasteiger partial charge in [0.15, 0.2) is 5.54 Å². The molecular weight excluding hydrogens is 398 g/mol. The number of ether oxygens (including phenoxy) is 2. The van der Waals surface area contributed by atoms with Gasteiger partial charge in [-0.25, -0.2) is 4.79 Å². The number of rotatable bonds is 5. The third-order valence-electron chi connectivity index (χ3n) is 5.26. The van der Waals surface area contributed by atoms with Crippen molar-refractivity contribution in [3.63, 3.8) is 0 Å². The van der Waals surface area contributed by atoms with Crippen molar-refractivity contribution in [2.24, 2.45) is 0 Å². The molecule has 0 bridgehead atoms. The first kappa shape index (κ1) is 20.0. The third kappa shape index (κ3) is 3.23. The second-order valence-corrected chi connectivity index (χ2v) is 8.12. The molecular formula is C24H21NO4S. The van der Waals surface area contributed by atoms with Gasteiger partial charge in [0.2, 0.25) is 0 Å². The second kappa shape index (κ2) is 7.88. The molecule has 152 valence electrons. The van der Waals surface area contributed by atoms with Gasteiger partial charge in [-0.3, -0.25) is 4.79 Å². The average molecular weight is 420 g/mol. The van der Waals surface area contributed by atoms with Crippen LogP contribution < -0.4 is 10.1 Å². The molecule has 30 heavy (non-hydrogen) atoms. The van der Waals surface area contributed by atoms with Gasteiger partial charge in [0.05, 0.1) is 14.2 Å². The fraction of sp³-hybridized carbons (Fsp3) is 0.167. The number of aryl methyl sites for hydroxylation is 1. The van der Waals surface area contributed by atoms with Gasteiger partial charge in [-0.15, -0.1) is 0 Å². The van der Waals surface area contributed by atoms with Crippen molar-refractivity contribution in [2.75, 3.05) is 14.2 Å². The number of amides is 1. The quantitative estimate of drug-likeness (QED) is 0.624. The first-order valence-electron chi connectivity index (χ1n) is 9.43. The number of carbonyl (C=O) groups excluding carboxylic acids is 2. The smallest absolute Gasteiger partial charge is 0.341 e. The summed E-state index contributed by atoms with van der Waals surface area (Å²) in [6, 6.07) is 20.8. The molecule has 1 atom stereocenters. The number of benzene rings is 3. The Morgan fingerprint density at radius 1 is 1.00 bits per heavy atom. The van der Waals surface area contributed by atoms with Crippen LogP contribution in [0.5, 0.6) is 5.75 Å². The van der Waals surface area contributed by atoms with E-state index >= 15 is 0 Å². The molecule has 1 heterocycles. The van der Waals surface area contributed by atoms with Crippen LogP contribution in [0, 0.1) is 6.92 Å². The van der Waals surface area contributed by atoms with E-state index in [-0.39, 0.29) is 5.91 Å². The lowest BCUT2D eigenvalue weighted by molar-refractivity contribution is -0.146. The summed E-state index contributed by atoms with van der Waals surface area (Å²) in [4.78, 5) is 27.9. The number of fused-ring (bicyclic) bond motifs is 1. The Labute approximate surface area is 179 Å². The number of esters is 1. The van der Waals surface area contributed by atoms with Crippen LogP contribution in [-0.4, -0.2) is 26.1 Å². The SMILES string of the molecule is COC(=O)C1(c2cccc(Sc3ccccc3C)c2)NC(=O)c2ccc(OC)cc21. The van der Waals surface area contributed by atoms with E-state index in [1.807, 2.05) is 36.4 Å². The lowest BCUT2D eigenvalue weighted by atomic mass is 9.83. The molecule has 1 aliphatic rings. The Balaban J connectivity index is 1.85. The van der Waals surface area contributed by atoms with Crippen molar-refractivity contribution in [1.82, 2.24) is 5.32 Å². The molecule has 1 N–H and O–H groups in total. The molecule has 3 aromatic carbocycles. The van der Waals surface area contributed by atoms with Gasteiger partial charge in [-0.1, -0.05) is 42.1 Å². The van der Waals surface area contributed by atoms with Crippen LogP contribution in [0.15, 0.2) is 76.5 Å². The zero-order chi connectivity index (χ0) is 21.3. The van der Waals surface area contributed by atoms with Crippen LogP contribution in [0.4, 0.5) is 0 Å². The summed E-state index contributed by atoms with van der Waals surface area (Å²) in [5, 5.41) is 2.88. The maximum Gasteiger partial charge on any atom is 0.341 e. The Bertz CT molecular complexity index is 1140. The largest absolute Gasteiger partial charge is 0.497 e. The highest BCUT2D eigenvalue weighted by Gasteiger charge is 2.51. The van der Waals surface area contributed by atoms with Crippen LogP contribution in [0.25, 0.3) is 0 Å². The van der Waals surface area contributed by atoms with E-state index in [1.165, 1.54) is 12.7 Å². The third-order valence-corrected chi connectivity index (χ3v) is 6.42. The van der Waals surface area contributed by atoms with E-state index in [0.717, 1.165) is 9.79 Å². The Kier molecular flexibility index (Phi) is 5.26. The van der Waals surface area contributed by atoms with Gasteiger partial charge in [0, 0.05) is 20.9 Å². The second-order valence-electron chi connectivity index (χ2n) is 7.00. The van der Waals surface area contributed by atoms with Crippen molar-refractivity contribution in [3.8, 4) is 5.75 Å². The summed E-state index contributed by atoms with van der Waals surface area (Å²) in [5.74, 6) is -0.320. The summed E-state index contributed by atoms with van der Waals surface area (Å²) in [6.07, 6.45) is 0. The van der Waals surface area contributed by atoms with Crippen LogP contribution >= 0.6 is 11.8 Å². The average Bonchev–Trinajstić information content (AvgIpc) is 3.07. The number of nitrogens with one attached hydrogen (secondary N) is 1. The normalized spacial score (nSPS) is 17.2. The molecule has 4 rings (SSSR count). The predicted octanol–water partition coefficient (Wildman–Crippen LogP) is 4.31. The topological polar surface area (TPSA) is 64.6 Å². The van der Waals surface area contributed by atoms with E-state index < -0.39 is 11.5 Å². The highest BCUT2D eigenvalue weighted by Crippen LogP contribution is 2.41. The van der Waals surface area contributed by atoms with Gasteiger partial charge in [-0.2, -0.15) is 0 Å². The molecule has 6 heteroatoms. The van der Waals surface area contributed by atoms with Crippen molar-refractivity contribution in [1.29, 1.82) is 0 Å². The monoisotopic (exact) mass is 419 g/mol. The summed E-state index contributed by atoms with van der Waals surface area (Å²) in [7, 11) is 2.87. The van der Waals surface area contributed by atoms with E-state index in [9.17, 15) is 9.59 Å². The summed E-state index contributed by atoms with van der Waals surface area (Å²) < 4.78 is 10.5. The standard InChI is InChI=1S/C24H21NO4S/c1-15-7-4-5-10-21(15)30-18-9-6-8-16(13-18)24(23(27)29-3)20-14-17(28-2)11-12-19(20)22(26)25-24/h4-14H,1-3H3,(H,25,26). The van der Waals surface area contributed by atoms with E-state index in [1.54, 1.807) is 37.1 Å². The molecule has 1 amide bonds. The lowest BCUT2D eigenvalue weighted by Crippen LogP contribution is -2.48. The predicted molar refractivity (Wildman–Crippen MR) is 115 cm³/mol. The zero-order valence-electron chi connectivity index (χ0n) is 16.9. The van der Waals surface area contributed by atoms with Gasteiger partial charge in [0.25, 0.3) is 5.91 Å². The van der Waals surface area contributed by atoms with Gasteiger partial charge < -0.3 is 14.8 Å². The van der Waals surface area contributed by atoms with E-state index in [2.05, 4.69) is 24.4 Å². The molecule has 1 unspecified atom stereocenters. The summed E-state index contributed by atoms with van der Waals surface area (Å²) in [6.45, 7) is 2.06. The highest BCUT2D eigenvalue weighted by molar-refractivity contribution is 7.99. The van der Waals surface area contributed by atoms with E-state index in [4.69, 9.17) is 9.47 Å². The lowest BCUT2D eigenvalue weighted by Gasteiger charge is -2.28. The van der Waals surface area contributed by atoms with Crippen molar-refractivity contribution in [2.45, 2.75) is 22.3 Å². The molecule has 3 aromatic rings. The molecule has 0 spiro atoms. The molecule has 0 aliphatic carbocycles. The highest BCUT2D eigenvalue weighted by atomic mass is 32.2. The van der Waals surface area contributed by atoms with Crippen molar-refractivity contribution < 1.29 is 19.1 Å². The Morgan fingerprint density at radius 3 is 2.53 bits per heavy atom. The van der Waals surface area contributed by atoms with Crippen LogP contribution in [-0.2, 0) is 15.1 Å². The molecule has 5 nitrogen and oxygen atoms in total. The molecule has 0 aromatic heterocycles. The number of methoxy groups -OCH3 is 2. The summed E-state index contributed by atoms with van der Waals surface area (Å²) >= 11 is 1.61. The van der Waals surface area contributed by atoms with Gasteiger partial charge >= 0.3 is 5.97 Å². The fourth-order valence-corrected chi connectivity index (χ4v) is 4.68. The minimum absolute atomic E-state index is 0.324. The van der Waals surface area contributed by atoms with Crippen molar-refractivity contribution in [3.05, 3.63) is 89.0 Å². The van der Waals surface area contributed by atoms with E-state index in [0.29, 0.717) is 22.4 Å². The number of hydrogen-bond donors (Lipinski definition) is 1. The van der Waals surface area contributed by atoms with Crippen LogP contribution in [0.2, 0.25) is 0 Å². The first-order chi connectivity index (χ1) is 14.5. The van der Waals surface area contributed by atoms with Gasteiger partial charge in [-0.05, 0) is 54.4 Å². The molecule has 0 radical (unpaired) electrons. The maximum atomic E-state index is 13.1. The Hall–Kier alpha value is -3.25. The van der Waals surface area contributed by atoms with Crippen LogP contribution in [0.3, 0.4) is 0 Å². The zero-order valence-corrected chi connectivity index (χ0v) is 17.7. The first-order valence-corrected chi connectivity index (χ1v) is 10.2. The van der Waals surface area contributed by atoms with Crippen LogP contribution in [0.1, 0.15) is 27.0 Å². The van der Waals surface area contributed by atoms with Crippen molar-refractivity contribution >= 4 is 23.6 Å². The molecule has 0 saturated carbocycles. The maximum absolute atomic E-state index is 13.1. The molecule has 0 fully saturated rings. The summed E-state index contributed by atoms with van der Waals surface area (Å²) in [5.41, 5.74) is 1.32. The fourth-order valence-electron chi connectivity index (χ4n) is 3.71. The molecule has 0 saturated heterocycles.